The van der Waals surface area contributed by atoms with Gasteiger partial charge in [0, 0.05) is 27.7 Å². The Hall–Kier alpha value is -7.94. The maximum atomic E-state index is 6.32. The van der Waals surface area contributed by atoms with Crippen LogP contribution in [0.1, 0.15) is 0 Å². The van der Waals surface area contributed by atoms with E-state index in [-0.39, 0.29) is 0 Å². The molecule has 0 N–H and O–H groups in total. The average molecular weight is 764 g/mol. The molecular weight excluding hydrogens is 727 g/mol. The largest absolute Gasteiger partial charge is 0.456 e. The van der Waals surface area contributed by atoms with Crippen molar-refractivity contribution in [2.45, 2.75) is 0 Å². The van der Waals surface area contributed by atoms with E-state index in [0.717, 1.165) is 55.7 Å². The van der Waals surface area contributed by atoms with Gasteiger partial charge in [0.25, 0.3) is 0 Å². The maximum Gasteiger partial charge on any atom is 0.136 e. The first-order chi connectivity index (χ1) is 29.8. The molecule has 0 unspecified atom stereocenters. The van der Waals surface area contributed by atoms with Crippen molar-refractivity contribution in [3.05, 3.63) is 224 Å². The molecule has 60 heavy (non-hydrogen) atoms. The number of fused-ring (bicyclic) bond motifs is 10. The zero-order chi connectivity index (χ0) is 39.6. The molecule has 0 radical (unpaired) electrons. The van der Waals surface area contributed by atoms with Gasteiger partial charge in [-0.25, -0.2) is 0 Å². The van der Waals surface area contributed by atoms with Crippen molar-refractivity contribution in [3.8, 4) is 33.4 Å². The number of hydrogen-bond donors (Lipinski definition) is 0. The van der Waals surface area contributed by atoms with Crippen LogP contribution in [0, 0.1) is 0 Å². The zero-order valence-corrected chi connectivity index (χ0v) is 32.7. The third-order valence-electron chi connectivity index (χ3n) is 12.2. The second-order valence-electron chi connectivity index (χ2n) is 15.6. The Balaban J connectivity index is 1.05. The number of para-hydroxylation sites is 2. The number of rotatable bonds is 6. The molecule has 11 aromatic carbocycles. The number of benzene rings is 11. The van der Waals surface area contributed by atoms with Crippen molar-refractivity contribution in [1.29, 1.82) is 0 Å². The number of hydrogen-bond acceptors (Lipinski definition) is 2. The van der Waals surface area contributed by atoms with Gasteiger partial charge in [0.15, 0.2) is 0 Å². The van der Waals surface area contributed by atoms with Crippen LogP contribution in [-0.2, 0) is 0 Å². The number of furan rings is 1. The summed E-state index contributed by atoms with van der Waals surface area (Å²) in [7, 11) is 0. The van der Waals surface area contributed by atoms with Gasteiger partial charge >= 0.3 is 0 Å². The van der Waals surface area contributed by atoms with E-state index in [1.807, 2.05) is 12.1 Å². The molecule has 0 spiro atoms. The quantitative estimate of drug-likeness (QED) is 0.157. The van der Waals surface area contributed by atoms with Gasteiger partial charge in [0.05, 0.1) is 5.69 Å². The molecule has 0 fully saturated rings. The maximum absolute atomic E-state index is 6.32. The Labute approximate surface area is 347 Å². The van der Waals surface area contributed by atoms with Crippen LogP contribution in [0.3, 0.4) is 0 Å². The van der Waals surface area contributed by atoms with E-state index in [1.54, 1.807) is 0 Å². The molecule has 1 aromatic heterocycles. The summed E-state index contributed by atoms with van der Waals surface area (Å²) in [5.41, 5.74) is 12.1. The van der Waals surface area contributed by atoms with E-state index in [1.165, 1.54) is 59.8 Å². The minimum absolute atomic E-state index is 0.892. The third kappa shape index (κ3) is 5.50. The van der Waals surface area contributed by atoms with Crippen molar-refractivity contribution in [1.82, 2.24) is 0 Å². The minimum Gasteiger partial charge on any atom is -0.456 e. The van der Waals surface area contributed by atoms with Gasteiger partial charge in [-0.05, 0) is 119 Å². The molecule has 280 valence electrons. The van der Waals surface area contributed by atoms with E-state index < -0.39 is 0 Å². The second kappa shape index (κ2) is 13.9. The SMILES string of the molecule is c1ccc(-c2ccccc2N(c2ccc(-c3cc4ccc5ccccc5c4c4c3ccc3ccccc34)cc2)c2cccc(-c3cccc4oc5ccccc5c34)c2)cc1. The first kappa shape index (κ1) is 34.1. The summed E-state index contributed by atoms with van der Waals surface area (Å²) in [6, 6.07) is 81.3. The summed E-state index contributed by atoms with van der Waals surface area (Å²) in [6.07, 6.45) is 0. The molecule has 12 rings (SSSR count). The molecule has 12 aromatic rings. The summed E-state index contributed by atoms with van der Waals surface area (Å²) in [4.78, 5) is 2.40. The fraction of sp³-hybridized carbons (Fsp3) is 0. The van der Waals surface area contributed by atoms with Crippen LogP contribution >= 0.6 is 0 Å². The molecule has 0 aliphatic carbocycles. The summed E-state index contributed by atoms with van der Waals surface area (Å²) in [5.74, 6) is 0. The summed E-state index contributed by atoms with van der Waals surface area (Å²) >= 11 is 0. The van der Waals surface area contributed by atoms with Gasteiger partial charge in [0.2, 0.25) is 0 Å². The van der Waals surface area contributed by atoms with Crippen LogP contribution in [0.15, 0.2) is 229 Å². The normalized spacial score (nSPS) is 11.7. The number of anilines is 3. The van der Waals surface area contributed by atoms with Gasteiger partial charge in [-0.2, -0.15) is 0 Å². The Morgan fingerprint density at radius 3 is 1.72 bits per heavy atom. The predicted molar refractivity (Wildman–Crippen MR) is 255 cm³/mol. The standard InChI is InChI=1S/C58H37NO/c1-2-14-38(15-3-1)46-20-8-10-25-53(46)59(45-19-12-18-42(36-45)49-24-13-27-55-57(49)51-23-9-11-26-54(51)60-55)44-33-30-41(31-34-44)52-37-43-29-28-39-16-4-6-21-47(39)56(43)58-48-22-7-5-17-40(48)32-35-50(52)58/h1-37H. The smallest absolute Gasteiger partial charge is 0.136 e. The first-order valence-electron chi connectivity index (χ1n) is 20.6. The van der Waals surface area contributed by atoms with Gasteiger partial charge < -0.3 is 9.32 Å². The van der Waals surface area contributed by atoms with Crippen molar-refractivity contribution in [3.63, 3.8) is 0 Å². The molecule has 0 atom stereocenters. The Morgan fingerprint density at radius 2 is 0.883 bits per heavy atom. The lowest BCUT2D eigenvalue weighted by atomic mass is 9.88. The lowest BCUT2D eigenvalue weighted by Gasteiger charge is -2.28. The molecule has 0 saturated carbocycles. The molecule has 0 bridgehead atoms. The van der Waals surface area contributed by atoms with Crippen molar-refractivity contribution in [2.75, 3.05) is 4.90 Å². The lowest BCUT2D eigenvalue weighted by Crippen LogP contribution is -2.11. The molecule has 1 heterocycles. The fourth-order valence-corrected chi connectivity index (χ4v) is 9.50. The predicted octanol–water partition coefficient (Wildman–Crippen LogP) is 16.7. The summed E-state index contributed by atoms with van der Waals surface area (Å²) in [5, 5.41) is 12.4. The highest BCUT2D eigenvalue weighted by molar-refractivity contribution is 6.30. The molecule has 2 heteroatoms. The van der Waals surface area contributed by atoms with Gasteiger partial charge in [0.1, 0.15) is 11.2 Å². The average Bonchev–Trinajstić information content (AvgIpc) is 3.71. The first-order valence-corrected chi connectivity index (χ1v) is 20.6. The van der Waals surface area contributed by atoms with Crippen molar-refractivity contribution in [2.24, 2.45) is 0 Å². The summed E-state index contributed by atoms with van der Waals surface area (Å²) in [6.45, 7) is 0. The van der Waals surface area contributed by atoms with Crippen LogP contribution in [0.5, 0.6) is 0 Å². The van der Waals surface area contributed by atoms with E-state index in [9.17, 15) is 0 Å². The minimum atomic E-state index is 0.892. The van der Waals surface area contributed by atoms with Gasteiger partial charge in [-0.1, -0.05) is 176 Å². The Kier molecular flexibility index (Phi) is 7.89. The van der Waals surface area contributed by atoms with Crippen LogP contribution in [0.4, 0.5) is 17.1 Å². The molecule has 0 amide bonds. The zero-order valence-electron chi connectivity index (χ0n) is 32.7. The second-order valence-corrected chi connectivity index (χ2v) is 15.6. The molecule has 2 nitrogen and oxygen atoms in total. The third-order valence-corrected chi connectivity index (χ3v) is 12.2. The van der Waals surface area contributed by atoms with Crippen LogP contribution in [0.25, 0.3) is 98.4 Å². The van der Waals surface area contributed by atoms with Crippen LogP contribution in [0.2, 0.25) is 0 Å². The highest BCUT2D eigenvalue weighted by Crippen LogP contribution is 2.46. The topological polar surface area (TPSA) is 16.4 Å². The van der Waals surface area contributed by atoms with E-state index in [0.29, 0.717) is 0 Å². The molecule has 0 aliphatic rings. The van der Waals surface area contributed by atoms with Gasteiger partial charge in [-0.3, -0.25) is 0 Å². The number of nitrogens with zero attached hydrogens (tertiary/aromatic N) is 1. The monoisotopic (exact) mass is 763 g/mol. The Bertz CT molecular complexity index is 3600. The van der Waals surface area contributed by atoms with E-state index in [4.69, 9.17) is 4.42 Å². The van der Waals surface area contributed by atoms with Gasteiger partial charge in [-0.15, -0.1) is 0 Å². The van der Waals surface area contributed by atoms with Crippen LogP contribution in [-0.4, -0.2) is 0 Å². The molecular formula is C58H37NO. The Morgan fingerprint density at radius 1 is 0.283 bits per heavy atom. The molecule has 0 aliphatic heterocycles. The van der Waals surface area contributed by atoms with Crippen molar-refractivity contribution >= 4 is 82.1 Å². The van der Waals surface area contributed by atoms with E-state index in [2.05, 4.69) is 217 Å². The highest BCUT2D eigenvalue weighted by Gasteiger charge is 2.20. The molecule has 0 saturated heterocycles. The van der Waals surface area contributed by atoms with Crippen molar-refractivity contribution < 1.29 is 4.42 Å². The van der Waals surface area contributed by atoms with E-state index >= 15 is 0 Å². The highest BCUT2D eigenvalue weighted by atomic mass is 16.3. The van der Waals surface area contributed by atoms with Crippen LogP contribution < -0.4 is 4.90 Å². The summed E-state index contributed by atoms with van der Waals surface area (Å²) < 4.78 is 6.32. The fourth-order valence-electron chi connectivity index (χ4n) is 9.50. The lowest BCUT2D eigenvalue weighted by molar-refractivity contribution is 0.669.